The van der Waals surface area contributed by atoms with E-state index in [1.165, 1.54) is 32.0 Å². The average molecular weight is 575 g/mol. The van der Waals surface area contributed by atoms with E-state index >= 15 is 0 Å². The van der Waals surface area contributed by atoms with E-state index in [0.29, 0.717) is 18.8 Å². The van der Waals surface area contributed by atoms with Gasteiger partial charge < -0.3 is 25.2 Å². The molecule has 10 nitrogen and oxygen atoms in total. The highest BCUT2D eigenvalue weighted by Crippen LogP contribution is 2.32. The number of hydrogen-bond acceptors (Lipinski definition) is 8. The van der Waals surface area contributed by atoms with Crippen molar-refractivity contribution in [2.75, 3.05) is 5.32 Å². The molecule has 1 aliphatic rings. The number of para-hydroxylation sites is 1. The zero-order valence-electron chi connectivity index (χ0n) is 25.2. The molecule has 1 fully saturated rings. The first kappa shape index (κ1) is 33.8. The first-order valence-electron chi connectivity index (χ1n) is 14.7. The Morgan fingerprint density at radius 1 is 1.00 bits per heavy atom. The van der Waals surface area contributed by atoms with E-state index in [4.69, 9.17) is 9.47 Å². The average Bonchev–Trinajstić information content (AvgIpc) is 2.92. The largest absolute Gasteiger partial charge is 0.505 e. The summed E-state index contributed by atoms with van der Waals surface area (Å²) in [6.07, 6.45) is 3.57. The minimum absolute atomic E-state index is 0.00429. The molecule has 0 aromatic heterocycles. The van der Waals surface area contributed by atoms with Crippen LogP contribution in [-0.2, 0) is 28.7 Å². The number of benzene rings is 1. The van der Waals surface area contributed by atoms with Crippen LogP contribution in [0.5, 0.6) is 5.75 Å². The Morgan fingerprint density at radius 2 is 1.68 bits per heavy atom. The van der Waals surface area contributed by atoms with E-state index in [9.17, 15) is 29.1 Å². The van der Waals surface area contributed by atoms with Crippen LogP contribution in [0.25, 0.3) is 0 Å². The molecule has 1 aromatic carbocycles. The second-order valence-electron chi connectivity index (χ2n) is 11.4. The Balaban J connectivity index is 2.32. The number of rotatable bonds is 13. The van der Waals surface area contributed by atoms with E-state index in [0.717, 1.165) is 32.1 Å². The number of unbranched alkanes of at least 4 members (excludes halogenated alkanes) is 3. The van der Waals surface area contributed by atoms with Crippen molar-refractivity contribution in [2.24, 2.45) is 17.8 Å². The molecule has 3 N–H and O–H groups in total. The number of phenols is 1. The monoisotopic (exact) mass is 574 g/mol. The Kier molecular flexibility index (Phi) is 13.3. The molecule has 1 aliphatic heterocycles. The molecule has 0 spiro atoms. The number of ether oxygens (including phenoxy) is 2. The normalized spacial score (nSPS) is 23.0. The molecule has 41 heavy (non-hydrogen) atoms. The van der Waals surface area contributed by atoms with Gasteiger partial charge in [-0.1, -0.05) is 52.5 Å². The van der Waals surface area contributed by atoms with Crippen molar-refractivity contribution in [1.82, 2.24) is 5.32 Å². The van der Waals surface area contributed by atoms with Crippen LogP contribution >= 0.6 is 0 Å². The van der Waals surface area contributed by atoms with Gasteiger partial charge in [-0.2, -0.15) is 0 Å². The third-order valence-electron chi connectivity index (χ3n) is 7.46. The van der Waals surface area contributed by atoms with Gasteiger partial charge in [0.05, 0.1) is 17.2 Å². The molecule has 1 saturated heterocycles. The lowest BCUT2D eigenvalue weighted by molar-refractivity contribution is -0.157. The molecule has 0 saturated carbocycles. The molecule has 2 amide bonds. The summed E-state index contributed by atoms with van der Waals surface area (Å²) in [5.74, 6) is -3.91. The number of anilines is 1. The smallest absolute Gasteiger partial charge is 0.332 e. The molecular formula is C31H46N2O8. The van der Waals surface area contributed by atoms with Gasteiger partial charge >= 0.3 is 11.9 Å². The summed E-state index contributed by atoms with van der Waals surface area (Å²) in [5.41, 5.74) is -0.149. The zero-order valence-corrected chi connectivity index (χ0v) is 25.2. The molecule has 228 valence electrons. The van der Waals surface area contributed by atoms with Crippen LogP contribution in [0.3, 0.4) is 0 Å². The Morgan fingerprint density at radius 3 is 2.32 bits per heavy atom. The maximum atomic E-state index is 13.5. The number of nitrogens with one attached hydrogen (secondary N) is 2. The third kappa shape index (κ3) is 10.2. The van der Waals surface area contributed by atoms with Crippen LogP contribution in [-0.4, -0.2) is 52.9 Å². The van der Waals surface area contributed by atoms with Crippen molar-refractivity contribution in [3.05, 3.63) is 23.8 Å². The number of esters is 2. The van der Waals surface area contributed by atoms with Gasteiger partial charge in [0.2, 0.25) is 5.91 Å². The second-order valence-corrected chi connectivity index (χ2v) is 11.4. The van der Waals surface area contributed by atoms with Crippen molar-refractivity contribution in [3.8, 4) is 5.75 Å². The maximum absolute atomic E-state index is 13.5. The molecule has 1 heterocycles. The van der Waals surface area contributed by atoms with Crippen molar-refractivity contribution < 1.29 is 38.6 Å². The molecule has 0 bridgehead atoms. The van der Waals surface area contributed by atoms with E-state index < -0.39 is 59.6 Å². The lowest BCUT2D eigenvalue weighted by atomic mass is 9.80. The maximum Gasteiger partial charge on any atom is 0.332 e. The molecular weight excluding hydrogens is 528 g/mol. The van der Waals surface area contributed by atoms with Gasteiger partial charge in [-0.05, 0) is 44.7 Å². The quantitative estimate of drug-likeness (QED) is 0.171. The van der Waals surface area contributed by atoms with Crippen LogP contribution < -0.4 is 10.6 Å². The lowest BCUT2D eigenvalue weighted by Gasteiger charge is -2.29. The van der Waals surface area contributed by atoms with E-state index in [1.807, 2.05) is 13.8 Å². The highest BCUT2D eigenvalue weighted by atomic mass is 16.6. The fourth-order valence-electron chi connectivity index (χ4n) is 5.03. The summed E-state index contributed by atoms with van der Waals surface area (Å²) in [6, 6.07) is 2.86. The predicted molar refractivity (Wildman–Crippen MR) is 154 cm³/mol. The molecule has 1 aromatic rings. The SMILES string of the molecule is CCCCCC[C@H]1C(=O)O[C@H](C)[C@H](NC(=O)c2cccc(NC(C)=O)c2O)C(=O)O[C@@H](C)[C@@H]1CC(=O)CCC(C)C. The Bertz CT molecular complexity index is 1090. The van der Waals surface area contributed by atoms with E-state index in [1.54, 1.807) is 6.92 Å². The Hall–Kier alpha value is -3.43. The van der Waals surface area contributed by atoms with E-state index in [-0.39, 0.29) is 23.5 Å². The molecule has 0 aliphatic carbocycles. The number of cyclic esters (lactones) is 2. The summed E-state index contributed by atoms with van der Waals surface area (Å²) < 4.78 is 11.5. The van der Waals surface area contributed by atoms with Crippen molar-refractivity contribution >= 4 is 35.2 Å². The summed E-state index contributed by atoms with van der Waals surface area (Å²) in [6.45, 7) is 10.6. The van der Waals surface area contributed by atoms with Gasteiger partial charge in [-0.15, -0.1) is 0 Å². The number of ketones is 1. The van der Waals surface area contributed by atoms with Gasteiger partial charge in [0.25, 0.3) is 5.91 Å². The van der Waals surface area contributed by atoms with Gasteiger partial charge in [0.1, 0.15) is 18.0 Å². The number of aromatic hydroxyl groups is 1. The fourth-order valence-corrected chi connectivity index (χ4v) is 5.03. The number of phenolic OH excluding ortho intramolecular Hbond substituents is 1. The fraction of sp³-hybridized carbons (Fsp3) is 0.645. The summed E-state index contributed by atoms with van der Waals surface area (Å²) in [7, 11) is 0. The predicted octanol–water partition coefficient (Wildman–Crippen LogP) is 4.92. The summed E-state index contributed by atoms with van der Waals surface area (Å²) in [4.78, 5) is 64.3. The molecule has 0 unspecified atom stereocenters. The first-order valence-corrected chi connectivity index (χ1v) is 14.7. The number of amides is 2. The van der Waals surface area contributed by atoms with Gasteiger partial charge in [-0.25, -0.2) is 4.79 Å². The highest BCUT2D eigenvalue weighted by molar-refractivity contribution is 6.02. The van der Waals surface area contributed by atoms with E-state index in [2.05, 4.69) is 17.6 Å². The van der Waals surface area contributed by atoms with Crippen LogP contribution in [0.15, 0.2) is 18.2 Å². The first-order chi connectivity index (χ1) is 19.3. The minimum atomic E-state index is -1.37. The van der Waals surface area contributed by atoms with Crippen molar-refractivity contribution in [2.45, 2.75) is 111 Å². The minimum Gasteiger partial charge on any atom is -0.505 e. The second kappa shape index (κ2) is 16.1. The number of hydrogen-bond donors (Lipinski definition) is 3. The van der Waals surface area contributed by atoms with Gasteiger partial charge in [-0.3, -0.25) is 19.2 Å². The van der Waals surface area contributed by atoms with Crippen molar-refractivity contribution in [3.63, 3.8) is 0 Å². The third-order valence-corrected chi connectivity index (χ3v) is 7.46. The lowest BCUT2D eigenvalue weighted by Crippen LogP contribution is -2.50. The number of carbonyl (C=O) groups is 5. The van der Waals surface area contributed by atoms with Gasteiger partial charge in [0.15, 0.2) is 11.8 Å². The molecule has 5 atom stereocenters. The summed E-state index contributed by atoms with van der Waals surface area (Å²) in [5, 5.41) is 15.5. The summed E-state index contributed by atoms with van der Waals surface area (Å²) >= 11 is 0. The van der Waals surface area contributed by atoms with Crippen LogP contribution in [0.1, 0.15) is 103 Å². The van der Waals surface area contributed by atoms with Crippen LogP contribution in [0, 0.1) is 17.8 Å². The Labute approximate surface area is 242 Å². The molecule has 2 rings (SSSR count). The number of Topliss-reactive ketones (excluding diaryl/α,β-unsaturated/α-hetero) is 1. The number of carbonyl (C=O) groups excluding carboxylic acids is 5. The zero-order chi connectivity index (χ0) is 30.7. The van der Waals surface area contributed by atoms with Crippen LogP contribution in [0.2, 0.25) is 0 Å². The topological polar surface area (TPSA) is 148 Å². The standard InChI is InChI=1S/C31H46N2O8/c1-7-8-9-10-12-23-25(17-22(35)16-15-18(2)3)19(4)40-31(39)27(20(5)41-30(23)38)33-29(37)24-13-11-14-26(28(24)36)32-21(6)34/h11,13-14,18-20,23,25,27,36H,7-10,12,15-17H2,1-6H3,(H,32,34)(H,33,37)/t19-,20+,23+,25-,27-/m0/s1. The molecule has 0 radical (unpaired) electrons. The van der Waals surface area contributed by atoms with Crippen LogP contribution in [0.4, 0.5) is 5.69 Å². The van der Waals surface area contributed by atoms with Crippen molar-refractivity contribution in [1.29, 1.82) is 0 Å². The van der Waals surface area contributed by atoms with Gasteiger partial charge in [0, 0.05) is 25.7 Å². The molecule has 10 heteroatoms. The highest BCUT2D eigenvalue weighted by Gasteiger charge is 2.42.